The zero-order valence-electron chi connectivity index (χ0n) is 17.0. The van der Waals surface area contributed by atoms with Crippen LogP contribution in [0.3, 0.4) is 0 Å². The van der Waals surface area contributed by atoms with Gasteiger partial charge in [-0.05, 0) is 17.7 Å². The number of nitrogens with one attached hydrogen (secondary N) is 1. The normalized spacial score (nSPS) is 12.2. The van der Waals surface area contributed by atoms with Crippen molar-refractivity contribution in [1.82, 2.24) is 10.3 Å². The minimum absolute atomic E-state index is 0.0113. The van der Waals surface area contributed by atoms with E-state index in [0.29, 0.717) is 21.9 Å². The van der Waals surface area contributed by atoms with E-state index in [2.05, 4.69) is 10.3 Å². The fraction of sp³-hybridized carbons (Fsp3) is 0.450. The summed E-state index contributed by atoms with van der Waals surface area (Å²) in [5.74, 6) is 0.347. The van der Waals surface area contributed by atoms with E-state index in [1.807, 2.05) is 20.8 Å². The second-order valence-corrected chi connectivity index (χ2v) is 8.23. The van der Waals surface area contributed by atoms with Crippen LogP contribution in [0.15, 0.2) is 24.4 Å². The Bertz CT molecular complexity index is 841. The van der Waals surface area contributed by atoms with Gasteiger partial charge in [0.15, 0.2) is 11.5 Å². The molecule has 1 heterocycles. The number of aromatic nitrogens is 1. The highest BCUT2D eigenvalue weighted by Gasteiger charge is 2.24. The summed E-state index contributed by atoms with van der Waals surface area (Å²) in [5, 5.41) is 3.77. The summed E-state index contributed by atoms with van der Waals surface area (Å²) < 4.78 is 15.4. The van der Waals surface area contributed by atoms with Crippen molar-refractivity contribution in [2.75, 3.05) is 21.3 Å². The SMILES string of the molecule is COC(=O)CC(NC(=O)c1cnc(C(C)(C)C)s1)c1ccc(OC)c(OC)c1. The molecular formula is C20H26N2O5S. The molecule has 1 aromatic carbocycles. The second kappa shape index (κ2) is 9.05. The molecule has 2 rings (SSSR count). The minimum atomic E-state index is -0.583. The molecule has 1 unspecified atom stereocenters. The van der Waals surface area contributed by atoms with Gasteiger partial charge >= 0.3 is 5.97 Å². The summed E-state index contributed by atoms with van der Waals surface area (Å²) in [6, 6.07) is 4.66. The van der Waals surface area contributed by atoms with Crippen molar-refractivity contribution >= 4 is 23.2 Å². The molecular weight excluding hydrogens is 380 g/mol. The molecule has 152 valence electrons. The van der Waals surface area contributed by atoms with Gasteiger partial charge in [0.1, 0.15) is 4.88 Å². The number of hydrogen-bond donors (Lipinski definition) is 1. The number of carbonyl (C=O) groups is 2. The monoisotopic (exact) mass is 406 g/mol. The van der Waals surface area contributed by atoms with E-state index >= 15 is 0 Å². The van der Waals surface area contributed by atoms with Crippen molar-refractivity contribution in [3.8, 4) is 11.5 Å². The molecule has 0 aliphatic heterocycles. The van der Waals surface area contributed by atoms with Crippen molar-refractivity contribution in [2.45, 2.75) is 38.6 Å². The number of benzene rings is 1. The van der Waals surface area contributed by atoms with E-state index in [4.69, 9.17) is 14.2 Å². The zero-order valence-corrected chi connectivity index (χ0v) is 17.8. The van der Waals surface area contributed by atoms with Gasteiger partial charge in [-0.3, -0.25) is 9.59 Å². The van der Waals surface area contributed by atoms with E-state index in [-0.39, 0.29) is 17.7 Å². The van der Waals surface area contributed by atoms with Crippen LogP contribution in [0.2, 0.25) is 0 Å². The van der Waals surface area contributed by atoms with Gasteiger partial charge in [0.05, 0.1) is 45.0 Å². The van der Waals surface area contributed by atoms with Gasteiger partial charge < -0.3 is 19.5 Å². The highest BCUT2D eigenvalue weighted by Crippen LogP contribution is 2.32. The van der Waals surface area contributed by atoms with Gasteiger partial charge in [0, 0.05) is 5.41 Å². The predicted molar refractivity (Wildman–Crippen MR) is 107 cm³/mol. The molecule has 0 aliphatic carbocycles. The van der Waals surface area contributed by atoms with E-state index in [1.165, 1.54) is 25.6 Å². The van der Waals surface area contributed by atoms with Crippen LogP contribution in [0.5, 0.6) is 11.5 Å². The number of carbonyl (C=O) groups excluding carboxylic acids is 2. The summed E-state index contributed by atoms with van der Waals surface area (Å²) in [6.45, 7) is 6.12. The van der Waals surface area contributed by atoms with Crippen LogP contribution in [0, 0.1) is 0 Å². The summed E-state index contributed by atoms with van der Waals surface area (Å²) >= 11 is 1.34. The zero-order chi connectivity index (χ0) is 20.9. The number of thiazole rings is 1. The maximum Gasteiger partial charge on any atom is 0.307 e. The molecule has 0 radical (unpaired) electrons. The molecule has 0 aliphatic rings. The summed E-state index contributed by atoms with van der Waals surface area (Å²) in [6.07, 6.45) is 1.55. The number of rotatable bonds is 7. The summed E-state index contributed by atoms with van der Waals surface area (Å²) in [5.41, 5.74) is 0.565. The van der Waals surface area contributed by atoms with E-state index in [1.54, 1.807) is 31.5 Å². The van der Waals surface area contributed by atoms with Crippen LogP contribution in [-0.4, -0.2) is 38.2 Å². The van der Waals surface area contributed by atoms with E-state index in [9.17, 15) is 9.59 Å². The maximum absolute atomic E-state index is 12.8. The fourth-order valence-corrected chi connectivity index (χ4v) is 3.40. The average Bonchev–Trinajstić information content (AvgIpc) is 3.17. The van der Waals surface area contributed by atoms with Crippen molar-refractivity contribution in [1.29, 1.82) is 0 Å². The summed E-state index contributed by atoms with van der Waals surface area (Å²) in [4.78, 5) is 29.5. The quantitative estimate of drug-likeness (QED) is 0.709. The molecule has 1 atom stereocenters. The van der Waals surface area contributed by atoms with Crippen LogP contribution in [-0.2, 0) is 14.9 Å². The first kappa shape index (κ1) is 21.7. The number of hydrogen-bond acceptors (Lipinski definition) is 7. The highest BCUT2D eigenvalue weighted by molar-refractivity contribution is 7.13. The van der Waals surface area contributed by atoms with E-state index in [0.717, 1.165) is 5.01 Å². The Balaban J connectivity index is 2.29. The van der Waals surface area contributed by atoms with Crippen LogP contribution >= 0.6 is 11.3 Å². The lowest BCUT2D eigenvalue weighted by atomic mass is 9.98. The predicted octanol–water partition coefficient (Wildman–Crippen LogP) is 3.49. The number of amides is 1. The second-order valence-electron chi connectivity index (χ2n) is 7.20. The van der Waals surface area contributed by atoms with Crippen molar-refractivity contribution in [3.63, 3.8) is 0 Å². The molecule has 0 saturated carbocycles. The fourth-order valence-electron chi connectivity index (χ4n) is 2.53. The first-order chi connectivity index (χ1) is 13.2. The molecule has 0 saturated heterocycles. The third kappa shape index (κ3) is 5.22. The topological polar surface area (TPSA) is 86.8 Å². The molecule has 1 amide bonds. The summed E-state index contributed by atoms with van der Waals surface area (Å²) in [7, 11) is 4.39. The smallest absolute Gasteiger partial charge is 0.307 e. The van der Waals surface area contributed by atoms with Crippen LogP contribution < -0.4 is 14.8 Å². The first-order valence-electron chi connectivity index (χ1n) is 8.75. The Labute approximate surface area is 169 Å². The Hall–Kier alpha value is -2.61. The van der Waals surface area contributed by atoms with Crippen LogP contribution in [0.1, 0.15) is 53.5 Å². The first-order valence-corrected chi connectivity index (χ1v) is 9.57. The van der Waals surface area contributed by atoms with Crippen molar-refractivity contribution in [2.24, 2.45) is 0 Å². The average molecular weight is 407 g/mol. The van der Waals surface area contributed by atoms with E-state index < -0.39 is 12.0 Å². The Morgan fingerprint density at radius 1 is 1.14 bits per heavy atom. The third-order valence-corrected chi connectivity index (χ3v) is 5.51. The van der Waals surface area contributed by atoms with Crippen LogP contribution in [0.25, 0.3) is 0 Å². The van der Waals surface area contributed by atoms with Gasteiger partial charge in [0.2, 0.25) is 0 Å². The standard InChI is InChI=1S/C20H26N2O5S/c1-20(2,3)19-21-11-16(28-19)18(24)22-13(10-17(23)27-6)12-7-8-14(25-4)15(9-12)26-5/h7-9,11,13H,10H2,1-6H3,(H,22,24). The Morgan fingerprint density at radius 2 is 1.82 bits per heavy atom. The Kier molecular flexibility index (Phi) is 7.01. The van der Waals surface area contributed by atoms with Gasteiger partial charge in [-0.15, -0.1) is 11.3 Å². The van der Waals surface area contributed by atoms with Gasteiger partial charge in [-0.2, -0.15) is 0 Å². The van der Waals surface area contributed by atoms with Crippen molar-refractivity contribution in [3.05, 3.63) is 39.8 Å². The molecule has 0 bridgehead atoms. The van der Waals surface area contributed by atoms with Gasteiger partial charge in [0.25, 0.3) is 5.91 Å². The Morgan fingerprint density at radius 3 is 2.36 bits per heavy atom. The molecule has 28 heavy (non-hydrogen) atoms. The molecule has 0 fully saturated rings. The molecule has 7 nitrogen and oxygen atoms in total. The molecule has 8 heteroatoms. The number of esters is 1. The molecule has 1 aromatic heterocycles. The highest BCUT2D eigenvalue weighted by atomic mass is 32.1. The molecule has 0 spiro atoms. The molecule has 1 N–H and O–H groups in total. The van der Waals surface area contributed by atoms with Gasteiger partial charge in [-0.25, -0.2) is 4.98 Å². The van der Waals surface area contributed by atoms with Gasteiger partial charge in [-0.1, -0.05) is 26.8 Å². The maximum atomic E-state index is 12.8. The number of nitrogens with zero attached hydrogens (tertiary/aromatic N) is 1. The minimum Gasteiger partial charge on any atom is -0.493 e. The third-order valence-electron chi connectivity index (χ3n) is 4.08. The molecule has 2 aromatic rings. The number of ether oxygens (including phenoxy) is 3. The lowest BCUT2D eigenvalue weighted by molar-refractivity contribution is -0.141. The van der Waals surface area contributed by atoms with Crippen molar-refractivity contribution < 1.29 is 23.8 Å². The lowest BCUT2D eigenvalue weighted by Crippen LogP contribution is -2.30. The lowest BCUT2D eigenvalue weighted by Gasteiger charge is -2.19. The van der Waals surface area contributed by atoms with Crippen LogP contribution in [0.4, 0.5) is 0 Å². The number of methoxy groups -OCH3 is 3. The largest absolute Gasteiger partial charge is 0.493 e.